The first-order chi connectivity index (χ1) is 13.1. The summed E-state index contributed by atoms with van der Waals surface area (Å²) in [4.78, 5) is 12.5. The Labute approximate surface area is 162 Å². The number of tetrazole rings is 1. The Morgan fingerprint density at radius 2 is 1.85 bits per heavy atom. The number of nitrogens with zero attached hydrogens (tertiary/aromatic N) is 4. The number of hydrogen-bond donors (Lipinski definition) is 0. The van der Waals surface area contributed by atoms with E-state index in [-0.39, 0.29) is 11.5 Å². The molecular weight excluding hydrogens is 360 g/mol. The van der Waals surface area contributed by atoms with Crippen LogP contribution in [0.5, 0.6) is 5.75 Å². The molecular formula is C20H22N4O2S. The van der Waals surface area contributed by atoms with Gasteiger partial charge in [-0.1, -0.05) is 49.9 Å². The third-order valence-electron chi connectivity index (χ3n) is 4.50. The summed E-state index contributed by atoms with van der Waals surface area (Å²) in [6.07, 6.45) is 1.08. The molecule has 6 nitrogen and oxygen atoms in total. The number of hydrogen-bond acceptors (Lipinski definition) is 6. The minimum Gasteiger partial charge on any atom is -0.497 e. The summed E-state index contributed by atoms with van der Waals surface area (Å²) in [7, 11) is 1.62. The summed E-state index contributed by atoms with van der Waals surface area (Å²) >= 11 is 1.32. The number of methoxy groups -OCH3 is 1. The Kier molecular flexibility index (Phi) is 6.24. The van der Waals surface area contributed by atoms with Gasteiger partial charge in [0.05, 0.1) is 18.6 Å². The van der Waals surface area contributed by atoms with E-state index < -0.39 is 0 Å². The van der Waals surface area contributed by atoms with Crippen LogP contribution >= 0.6 is 11.8 Å². The summed E-state index contributed by atoms with van der Waals surface area (Å²) in [6.45, 7) is 4.35. The van der Waals surface area contributed by atoms with Gasteiger partial charge in [0.1, 0.15) is 5.75 Å². The van der Waals surface area contributed by atoms with E-state index in [1.165, 1.54) is 17.3 Å². The predicted octanol–water partition coefficient (Wildman–Crippen LogP) is 4.16. The molecule has 0 saturated heterocycles. The van der Waals surface area contributed by atoms with Gasteiger partial charge < -0.3 is 4.74 Å². The van der Waals surface area contributed by atoms with Gasteiger partial charge in [-0.2, -0.15) is 4.68 Å². The molecule has 0 aliphatic carbocycles. The number of ether oxygens (including phenoxy) is 1. The Morgan fingerprint density at radius 1 is 1.15 bits per heavy atom. The quantitative estimate of drug-likeness (QED) is 0.430. The molecule has 0 amide bonds. The molecule has 0 spiro atoms. The molecule has 0 saturated carbocycles. The number of benzene rings is 2. The van der Waals surface area contributed by atoms with Crippen LogP contribution in [0.4, 0.5) is 0 Å². The highest BCUT2D eigenvalue weighted by Crippen LogP contribution is 2.22. The molecule has 0 fully saturated rings. The van der Waals surface area contributed by atoms with Gasteiger partial charge in [-0.25, -0.2) is 0 Å². The third kappa shape index (κ3) is 4.54. The first kappa shape index (κ1) is 19.1. The zero-order valence-electron chi connectivity index (χ0n) is 15.6. The zero-order valence-corrected chi connectivity index (χ0v) is 16.4. The van der Waals surface area contributed by atoms with Crippen molar-refractivity contribution in [2.24, 2.45) is 0 Å². The fourth-order valence-electron chi connectivity index (χ4n) is 2.60. The second-order valence-electron chi connectivity index (χ2n) is 6.21. The molecule has 1 unspecified atom stereocenters. The van der Waals surface area contributed by atoms with Crippen LogP contribution < -0.4 is 4.74 Å². The highest BCUT2D eigenvalue weighted by atomic mass is 32.2. The Morgan fingerprint density at radius 3 is 2.48 bits per heavy atom. The van der Waals surface area contributed by atoms with Gasteiger partial charge in [0.15, 0.2) is 5.78 Å². The molecule has 27 heavy (non-hydrogen) atoms. The molecule has 1 aromatic heterocycles. The Hall–Kier alpha value is -2.67. The van der Waals surface area contributed by atoms with Crippen molar-refractivity contribution in [2.45, 2.75) is 31.3 Å². The molecule has 0 aliphatic rings. The van der Waals surface area contributed by atoms with Crippen molar-refractivity contribution in [3.8, 4) is 11.4 Å². The van der Waals surface area contributed by atoms with Gasteiger partial charge in [0.25, 0.3) is 0 Å². The lowest BCUT2D eigenvalue weighted by Crippen LogP contribution is -2.05. The fourth-order valence-corrected chi connectivity index (χ4v) is 3.39. The van der Waals surface area contributed by atoms with Gasteiger partial charge >= 0.3 is 0 Å². The molecule has 0 N–H and O–H groups in total. The van der Waals surface area contributed by atoms with Crippen molar-refractivity contribution >= 4 is 17.5 Å². The van der Waals surface area contributed by atoms with Crippen LogP contribution in [-0.4, -0.2) is 38.9 Å². The van der Waals surface area contributed by atoms with Crippen molar-refractivity contribution in [3.63, 3.8) is 0 Å². The van der Waals surface area contributed by atoms with E-state index in [2.05, 4.69) is 29.4 Å². The summed E-state index contributed by atoms with van der Waals surface area (Å²) in [5.74, 6) is 1.59. The van der Waals surface area contributed by atoms with Crippen molar-refractivity contribution < 1.29 is 9.53 Å². The van der Waals surface area contributed by atoms with Crippen LogP contribution in [0.15, 0.2) is 53.7 Å². The molecule has 0 aliphatic heterocycles. The second-order valence-corrected chi connectivity index (χ2v) is 7.16. The number of carbonyl (C=O) groups excluding carboxylic acids is 1. The maximum absolute atomic E-state index is 12.5. The lowest BCUT2D eigenvalue weighted by atomic mass is 9.97. The standard InChI is InChI=1S/C20H22N4O2S/c1-4-14(2)15-5-7-16(8-6-15)19(25)13-27-20-21-22-23-24(20)17-9-11-18(26-3)12-10-17/h5-12,14H,4,13H2,1-3H3. The molecule has 0 bridgehead atoms. The van der Waals surface area contributed by atoms with E-state index in [1.54, 1.807) is 11.8 Å². The smallest absolute Gasteiger partial charge is 0.214 e. The number of Topliss-reactive ketones (excluding diaryl/α,β-unsaturated/α-hetero) is 1. The van der Waals surface area contributed by atoms with E-state index in [4.69, 9.17) is 4.74 Å². The highest BCUT2D eigenvalue weighted by Gasteiger charge is 2.13. The lowest BCUT2D eigenvalue weighted by Gasteiger charge is -2.09. The Bertz CT molecular complexity index is 891. The summed E-state index contributed by atoms with van der Waals surface area (Å²) in [5.41, 5.74) is 2.77. The number of rotatable bonds is 8. The van der Waals surface area contributed by atoms with Crippen LogP contribution in [0.1, 0.15) is 42.1 Å². The van der Waals surface area contributed by atoms with Crippen LogP contribution in [-0.2, 0) is 0 Å². The number of carbonyl (C=O) groups is 1. The van der Waals surface area contributed by atoms with Gasteiger partial charge in [-0.3, -0.25) is 4.79 Å². The fraction of sp³-hybridized carbons (Fsp3) is 0.300. The number of ketones is 1. The second kappa shape index (κ2) is 8.81. The van der Waals surface area contributed by atoms with Crippen LogP contribution in [0.3, 0.4) is 0 Å². The van der Waals surface area contributed by atoms with Gasteiger partial charge in [-0.05, 0) is 52.6 Å². The largest absolute Gasteiger partial charge is 0.497 e. The van der Waals surface area contributed by atoms with E-state index in [0.717, 1.165) is 17.9 Å². The molecule has 3 rings (SSSR count). The molecule has 1 atom stereocenters. The van der Waals surface area contributed by atoms with Crippen LogP contribution in [0.2, 0.25) is 0 Å². The number of thioether (sulfide) groups is 1. The first-order valence-corrected chi connectivity index (χ1v) is 9.79. The van der Waals surface area contributed by atoms with E-state index in [1.807, 2.05) is 48.5 Å². The van der Waals surface area contributed by atoms with Crippen molar-refractivity contribution in [1.82, 2.24) is 20.2 Å². The van der Waals surface area contributed by atoms with Crippen molar-refractivity contribution in [2.75, 3.05) is 12.9 Å². The number of aromatic nitrogens is 4. The van der Waals surface area contributed by atoms with Crippen LogP contribution in [0, 0.1) is 0 Å². The molecule has 2 aromatic carbocycles. The molecule has 1 heterocycles. The monoisotopic (exact) mass is 382 g/mol. The molecule has 0 radical (unpaired) electrons. The van der Waals surface area contributed by atoms with E-state index in [9.17, 15) is 4.79 Å². The first-order valence-electron chi connectivity index (χ1n) is 8.81. The minimum absolute atomic E-state index is 0.0555. The minimum atomic E-state index is 0.0555. The maximum atomic E-state index is 12.5. The SMILES string of the molecule is CCC(C)c1ccc(C(=O)CSc2nnnn2-c2ccc(OC)cc2)cc1. The van der Waals surface area contributed by atoms with Crippen LogP contribution in [0.25, 0.3) is 5.69 Å². The average molecular weight is 382 g/mol. The van der Waals surface area contributed by atoms with Gasteiger partial charge in [-0.15, -0.1) is 5.10 Å². The summed E-state index contributed by atoms with van der Waals surface area (Å²) in [6, 6.07) is 15.3. The molecule has 3 aromatic rings. The van der Waals surface area contributed by atoms with Gasteiger partial charge in [0.2, 0.25) is 5.16 Å². The predicted molar refractivity (Wildman–Crippen MR) is 106 cm³/mol. The van der Waals surface area contributed by atoms with Crippen molar-refractivity contribution in [1.29, 1.82) is 0 Å². The zero-order chi connectivity index (χ0) is 19.2. The Balaban J connectivity index is 1.66. The summed E-state index contributed by atoms with van der Waals surface area (Å²) in [5, 5.41) is 12.4. The highest BCUT2D eigenvalue weighted by molar-refractivity contribution is 7.99. The molecule has 140 valence electrons. The van der Waals surface area contributed by atoms with Crippen molar-refractivity contribution in [3.05, 3.63) is 59.7 Å². The average Bonchev–Trinajstić information content (AvgIpc) is 3.20. The van der Waals surface area contributed by atoms with E-state index in [0.29, 0.717) is 16.6 Å². The lowest BCUT2D eigenvalue weighted by molar-refractivity contribution is 0.102. The summed E-state index contributed by atoms with van der Waals surface area (Å²) < 4.78 is 6.78. The van der Waals surface area contributed by atoms with Gasteiger partial charge in [0, 0.05) is 5.56 Å². The maximum Gasteiger partial charge on any atom is 0.214 e. The molecule has 7 heteroatoms. The normalized spacial score (nSPS) is 12.0. The topological polar surface area (TPSA) is 69.9 Å². The third-order valence-corrected chi connectivity index (χ3v) is 5.42. The van der Waals surface area contributed by atoms with E-state index >= 15 is 0 Å².